The highest BCUT2D eigenvalue weighted by atomic mass is 35.5. The smallest absolute Gasteiger partial charge is 0.228 e. The van der Waals surface area contributed by atoms with Crippen molar-refractivity contribution < 1.29 is 9.59 Å². The van der Waals surface area contributed by atoms with E-state index in [2.05, 4.69) is 4.98 Å². The molecule has 4 rings (SSSR count). The van der Waals surface area contributed by atoms with Crippen LogP contribution in [0.5, 0.6) is 0 Å². The van der Waals surface area contributed by atoms with E-state index in [1.54, 1.807) is 11.3 Å². The van der Waals surface area contributed by atoms with Gasteiger partial charge in [0.2, 0.25) is 11.8 Å². The topological polar surface area (TPSA) is 53.5 Å². The molecule has 2 fully saturated rings. The normalized spacial score (nSPS) is 18.3. The Balaban J connectivity index is 1.29. The third-order valence-corrected chi connectivity index (χ3v) is 7.61. The average Bonchev–Trinajstić information content (AvgIpc) is 3.43. The largest absolute Gasteiger partial charge is 0.339 e. The van der Waals surface area contributed by atoms with E-state index in [0.717, 1.165) is 32.8 Å². The summed E-state index contributed by atoms with van der Waals surface area (Å²) in [5.41, 5.74) is 0.800. The molecule has 0 radical (unpaired) electrons. The minimum atomic E-state index is 0.0871. The van der Waals surface area contributed by atoms with Crippen molar-refractivity contribution >= 4 is 46.1 Å². The van der Waals surface area contributed by atoms with Crippen LogP contribution in [0.25, 0.3) is 9.88 Å². The van der Waals surface area contributed by atoms with Gasteiger partial charge in [-0.15, -0.1) is 22.7 Å². The minimum absolute atomic E-state index is 0.0871. The third kappa shape index (κ3) is 4.36. The van der Waals surface area contributed by atoms with Crippen molar-refractivity contribution in [3.05, 3.63) is 27.5 Å². The van der Waals surface area contributed by atoms with Crippen LogP contribution in [0, 0.1) is 5.92 Å². The highest BCUT2D eigenvalue weighted by Crippen LogP contribution is 2.33. The fourth-order valence-corrected chi connectivity index (χ4v) is 5.74. The standard InChI is InChI=1S/C19H22ClN3O2S2/c20-16-6-5-15(27-16)18-21-14(12-26-18)11-17(24)22-7-9-23(10-8-22)19(25)13-3-1-2-4-13/h5-6,12-13H,1-4,7-11H2. The monoisotopic (exact) mass is 423 g/mol. The van der Waals surface area contributed by atoms with E-state index in [-0.39, 0.29) is 11.8 Å². The van der Waals surface area contributed by atoms with Crippen LogP contribution >= 0.6 is 34.3 Å². The number of rotatable bonds is 4. The predicted molar refractivity (Wildman–Crippen MR) is 109 cm³/mol. The first kappa shape index (κ1) is 18.9. The summed E-state index contributed by atoms with van der Waals surface area (Å²) in [6.45, 7) is 2.54. The van der Waals surface area contributed by atoms with E-state index < -0.39 is 0 Å². The van der Waals surface area contributed by atoms with Crippen molar-refractivity contribution in [3.63, 3.8) is 0 Å². The SMILES string of the molecule is O=C(Cc1csc(-c2ccc(Cl)s2)n1)N1CCN(C(=O)C2CCCC2)CC1. The summed E-state index contributed by atoms with van der Waals surface area (Å²) in [5, 5.41) is 2.85. The zero-order chi connectivity index (χ0) is 18.8. The molecule has 2 aliphatic rings. The molecule has 0 atom stereocenters. The molecule has 3 heterocycles. The first-order valence-corrected chi connectivity index (χ1v) is 11.4. The molecule has 8 heteroatoms. The van der Waals surface area contributed by atoms with Gasteiger partial charge in [-0.25, -0.2) is 4.98 Å². The zero-order valence-electron chi connectivity index (χ0n) is 15.0. The molecule has 2 aromatic heterocycles. The van der Waals surface area contributed by atoms with Gasteiger partial charge in [0.25, 0.3) is 0 Å². The summed E-state index contributed by atoms with van der Waals surface area (Å²) in [7, 11) is 0. The fourth-order valence-electron chi connectivity index (χ4n) is 3.80. The Morgan fingerprint density at radius 2 is 1.81 bits per heavy atom. The molecular formula is C19H22ClN3O2S2. The number of carbonyl (C=O) groups is 2. The van der Waals surface area contributed by atoms with Crippen LogP contribution in [0.4, 0.5) is 0 Å². The molecule has 1 aliphatic heterocycles. The number of nitrogens with zero attached hydrogens (tertiary/aromatic N) is 3. The molecule has 0 unspecified atom stereocenters. The summed E-state index contributed by atoms with van der Waals surface area (Å²) in [4.78, 5) is 34.6. The third-order valence-electron chi connectivity index (χ3n) is 5.32. The molecule has 0 spiro atoms. The van der Waals surface area contributed by atoms with E-state index in [4.69, 9.17) is 11.6 Å². The van der Waals surface area contributed by atoms with Gasteiger partial charge in [0, 0.05) is 37.5 Å². The molecule has 27 heavy (non-hydrogen) atoms. The molecule has 2 amide bonds. The van der Waals surface area contributed by atoms with Crippen molar-refractivity contribution in [2.45, 2.75) is 32.1 Å². The molecule has 1 saturated heterocycles. The molecule has 1 aliphatic carbocycles. The second-order valence-corrected chi connectivity index (χ2v) is 9.69. The summed E-state index contributed by atoms with van der Waals surface area (Å²) >= 11 is 9.02. The van der Waals surface area contributed by atoms with Crippen molar-refractivity contribution in [2.24, 2.45) is 5.92 Å². The van der Waals surface area contributed by atoms with Crippen LogP contribution in [0.2, 0.25) is 4.34 Å². The van der Waals surface area contributed by atoms with Gasteiger partial charge in [-0.3, -0.25) is 9.59 Å². The first-order valence-electron chi connectivity index (χ1n) is 9.37. The number of hydrogen-bond acceptors (Lipinski definition) is 5. The number of halogens is 1. The summed E-state index contributed by atoms with van der Waals surface area (Å²) < 4.78 is 0.739. The van der Waals surface area contributed by atoms with Crippen molar-refractivity contribution in [3.8, 4) is 9.88 Å². The second kappa shape index (κ2) is 8.29. The van der Waals surface area contributed by atoms with E-state index in [1.165, 1.54) is 24.2 Å². The number of aromatic nitrogens is 1. The first-order chi connectivity index (χ1) is 13.1. The van der Waals surface area contributed by atoms with Crippen LogP contribution in [0.15, 0.2) is 17.5 Å². The maximum Gasteiger partial charge on any atom is 0.228 e. The van der Waals surface area contributed by atoms with Gasteiger partial charge >= 0.3 is 0 Å². The fraction of sp³-hybridized carbons (Fsp3) is 0.526. The zero-order valence-corrected chi connectivity index (χ0v) is 17.4. The van der Waals surface area contributed by atoms with Gasteiger partial charge in [-0.1, -0.05) is 24.4 Å². The molecular weight excluding hydrogens is 402 g/mol. The Morgan fingerprint density at radius 3 is 2.48 bits per heavy atom. The van der Waals surface area contributed by atoms with Gasteiger partial charge in [-0.05, 0) is 25.0 Å². The Hall–Kier alpha value is -1.44. The Labute approximate surface area is 172 Å². The number of carbonyl (C=O) groups excluding carboxylic acids is 2. The number of thiazole rings is 1. The number of hydrogen-bond donors (Lipinski definition) is 0. The number of thiophene rings is 1. The van der Waals surface area contributed by atoms with Gasteiger partial charge in [0.05, 0.1) is 21.3 Å². The van der Waals surface area contributed by atoms with Crippen molar-refractivity contribution in [2.75, 3.05) is 26.2 Å². The maximum absolute atomic E-state index is 12.6. The van der Waals surface area contributed by atoms with Crippen LogP contribution < -0.4 is 0 Å². The van der Waals surface area contributed by atoms with Crippen LogP contribution in [-0.4, -0.2) is 52.8 Å². The van der Waals surface area contributed by atoms with E-state index in [1.807, 2.05) is 27.3 Å². The van der Waals surface area contributed by atoms with Gasteiger partial charge in [0.1, 0.15) is 5.01 Å². The highest BCUT2D eigenvalue weighted by Gasteiger charge is 2.30. The Morgan fingerprint density at radius 1 is 1.11 bits per heavy atom. The van der Waals surface area contributed by atoms with E-state index in [9.17, 15) is 9.59 Å². The quantitative estimate of drug-likeness (QED) is 0.748. The van der Waals surface area contributed by atoms with E-state index in [0.29, 0.717) is 38.5 Å². The lowest BCUT2D eigenvalue weighted by atomic mass is 10.1. The molecule has 0 aromatic carbocycles. The molecule has 1 saturated carbocycles. The molecule has 2 aromatic rings. The number of amides is 2. The highest BCUT2D eigenvalue weighted by molar-refractivity contribution is 7.23. The molecule has 144 valence electrons. The Bertz CT molecular complexity index is 821. The van der Waals surface area contributed by atoms with Crippen molar-refractivity contribution in [1.29, 1.82) is 0 Å². The van der Waals surface area contributed by atoms with Crippen LogP contribution in [0.1, 0.15) is 31.4 Å². The van der Waals surface area contributed by atoms with E-state index >= 15 is 0 Å². The maximum atomic E-state index is 12.6. The lowest BCUT2D eigenvalue weighted by Gasteiger charge is -2.36. The predicted octanol–water partition coefficient (Wildman–Crippen LogP) is 3.93. The van der Waals surface area contributed by atoms with Gasteiger partial charge < -0.3 is 9.80 Å². The van der Waals surface area contributed by atoms with Gasteiger partial charge in [-0.2, -0.15) is 0 Å². The van der Waals surface area contributed by atoms with Crippen molar-refractivity contribution in [1.82, 2.24) is 14.8 Å². The lowest BCUT2D eigenvalue weighted by molar-refractivity contribution is -0.141. The summed E-state index contributed by atoms with van der Waals surface area (Å²) in [6, 6.07) is 3.82. The molecule has 0 N–H and O–H groups in total. The summed E-state index contributed by atoms with van der Waals surface area (Å²) in [5.74, 6) is 0.591. The van der Waals surface area contributed by atoms with Crippen LogP contribution in [-0.2, 0) is 16.0 Å². The molecule has 0 bridgehead atoms. The van der Waals surface area contributed by atoms with Crippen LogP contribution in [0.3, 0.4) is 0 Å². The second-order valence-electron chi connectivity index (χ2n) is 7.11. The average molecular weight is 424 g/mol. The lowest BCUT2D eigenvalue weighted by Crippen LogP contribution is -2.52. The molecule has 5 nitrogen and oxygen atoms in total. The minimum Gasteiger partial charge on any atom is -0.339 e. The van der Waals surface area contributed by atoms with Gasteiger partial charge in [0.15, 0.2) is 0 Å². The summed E-state index contributed by atoms with van der Waals surface area (Å²) in [6.07, 6.45) is 4.70. The number of piperazine rings is 1. The Kier molecular flexibility index (Phi) is 5.80.